The summed E-state index contributed by atoms with van der Waals surface area (Å²) in [5.41, 5.74) is 1.63. The number of sulfone groups is 1. The number of hydrogen-bond acceptors (Lipinski definition) is 6. The molecule has 0 spiro atoms. The van der Waals surface area contributed by atoms with Crippen LogP contribution < -0.4 is 5.32 Å². The highest BCUT2D eigenvalue weighted by atomic mass is 32.2. The maximum atomic E-state index is 12.2. The third-order valence-electron chi connectivity index (χ3n) is 3.39. The lowest BCUT2D eigenvalue weighted by atomic mass is 10.2. The fourth-order valence-corrected chi connectivity index (χ4v) is 3.26. The summed E-state index contributed by atoms with van der Waals surface area (Å²) in [4.78, 5) is 12.1. The lowest BCUT2D eigenvalue weighted by Gasteiger charge is -2.04. The first-order valence-corrected chi connectivity index (χ1v) is 9.07. The fraction of sp³-hybridized carbons (Fsp3) is 0.118. The molecule has 0 aliphatic rings. The predicted molar refractivity (Wildman–Crippen MR) is 91.6 cm³/mol. The van der Waals surface area contributed by atoms with Gasteiger partial charge in [0.15, 0.2) is 9.84 Å². The predicted octanol–water partition coefficient (Wildman–Crippen LogP) is 2.46. The third kappa shape index (κ3) is 4.10. The van der Waals surface area contributed by atoms with Gasteiger partial charge in [0.25, 0.3) is 0 Å². The van der Waals surface area contributed by atoms with Crippen LogP contribution in [0.1, 0.15) is 5.56 Å². The van der Waals surface area contributed by atoms with Crippen LogP contribution in [0.5, 0.6) is 0 Å². The van der Waals surface area contributed by atoms with Crippen LogP contribution in [0.25, 0.3) is 11.5 Å². The number of anilines is 1. The summed E-state index contributed by atoms with van der Waals surface area (Å²) in [5, 5.41) is 9.84. The largest absolute Gasteiger partial charge is 0.403 e. The van der Waals surface area contributed by atoms with Crippen molar-refractivity contribution in [3.8, 4) is 11.5 Å². The Morgan fingerprint density at radius 1 is 1.04 bits per heavy atom. The van der Waals surface area contributed by atoms with Crippen LogP contribution in [-0.2, 0) is 14.6 Å². The standard InChI is InChI=1S/C17H15N3O4S/c1-12-7-9-14(10-8-12)25(22,23)11-15(21)18-17-20-19-16(24-17)13-5-3-2-4-6-13/h2-10H,11H2,1H3,(H,18,20,21). The van der Waals surface area contributed by atoms with Crippen LogP contribution in [0, 0.1) is 6.92 Å². The number of carbonyl (C=O) groups excluding carboxylic acids is 1. The summed E-state index contributed by atoms with van der Waals surface area (Å²) < 4.78 is 29.8. The maximum absolute atomic E-state index is 12.2. The molecule has 1 heterocycles. The Hall–Kier alpha value is -3.00. The van der Waals surface area contributed by atoms with Gasteiger partial charge in [-0.2, -0.15) is 0 Å². The van der Waals surface area contributed by atoms with Gasteiger partial charge in [0.05, 0.1) is 4.90 Å². The molecular formula is C17H15N3O4S. The lowest BCUT2D eigenvalue weighted by Crippen LogP contribution is -2.23. The molecule has 0 radical (unpaired) electrons. The van der Waals surface area contributed by atoms with E-state index in [1.54, 1.807) is 24.3 Å². The van der Waals surface area contributed by atoms with Crippen LogP contribution in [0.15, 0.2) is 63.9 Å². The second-order valence-electron chi connectivity index (χ2n) is 5.40. The number of aryl methyl sites for hydroxylation is 1. The van der Waals surface area contributed by atoms with Gasteiger partial charge in [-0.1, -0.05) is 41.0 Å². The van der Waals surface area contributed by atoms with Crippen molar-refractivity contribution in [2.24, 2.45) is 0 Å². The first-order valence-electron chi connectivity index (χ1n) is 7.42. The fourth-order valence-electron chi connectivity index (χ4n) is 2.13. The van der Waals surface area contributed by atoms with Crippen molar-refractivity contribution in [3.05, 3.63) is 60.2 Å². The molecule has 0 fully saturated rings. The Balaban J connectivity index is 1.69. The van der Waals surface area contributed by atoms with Crippen molar-refractivity contribution in [2.75, 3.05) is 11.1 Å². The van der Waals surface area contributed by atoms with Crippen LogP contribution >= 0.6 is 0 Å². The minimum Gasteiger partial charge on any atom is -0.403 e. The van der Waals surface area contributed by atoms with Crippen molar-refractivity contribution in [1.29, 1.82) is 0 Å². The molecule has 0 aliphatic heterocycles. The van der Waals surface area contributed by atoms with Gasteiger partial charge in [0.2, 0.25) is 11.8 Å². The summed E-state index contributed by atoms with van der Waals surface area (Å²) in [6, 6.07) is 15.2. The summed E-state index contributed by atoms with van der Waals surface area (Å²) in [7, 11) is -3.74. The molecule has 0 bridgehead atoms. The van der Waals surface area contributed by atoms with Gasteiger partial charge < -0.3 is 4.42 Å². The number of hydrogen-bond donors (Lipinski definition) is 1. The first kappa shape index (κ1) is 16.8. The van der Waals surface area contributed by atoms with Crippen LogP contribution in [0.4, 0.5) is 6.01 Å². The molecule has 0 atom stereocenters. The highest BCUT2D eigenvalue weighted by molar-refractivity contribution is 7.92. The molecule has 8 heteroatoms. The molecule has 0 saturated heterocycles. The lowest BCUT2D eigenvalue weighted by molar-refractivity contribution is -0.114. The molecular weight excluding hydrogens is 342 g/mol. The summed E-state index contributed by atoms with van der Waals surface area (Å²) in [6.07, 6.45) is 0. The Kier molecular flexibility index (Phi) is 4.62. The van der Waals surface area contributed by atoms with Gasteiger partial charge in [-0.15, -0.1) is 5.10 Å². The Labute approximate surface area is 144 Å². The zero-order chi connectivity index (χ0) is 17.9. The van der Waals surface area contributed by atoms with Gasteiger partial charge in [-0.3, -0.25) is 10.1 Å². The quantitative estimate of drug-likeness (QED) is 0.752. The second kappa shape index (κ2) is 6.86. The van der Waals surface area contributed by atoms with E-state index in [0.29, 0.717) is 5.56 Å². The summed E-state index contributed by atoms with van der Waals surface area (Å²) >= 11 is 0. The van der Waals surface area contributed by atoms with E-state index in [4.69, 9.17) is 4.42 Å². The SMILES string of the molecule is Cc1ccc(S(=O)(=O)CC(=O)Nc2nnc(-c3ccccc3)o2)cc1. The number of carbonyl (C=O) groups is 1. The highest BCUT2D eigenvalue weighted by Crippen LogP contribution is 2.19. The third-order valence-corrected chi connectivity index (χ3v) is 5.03. The molecule has 0 unspecified atom stereocenters. The van der Waals surface area contributed by atoms with Crippen LogP contribution in [0.3, 0.4) is 0 Å². The van der Waals surface area contributed by atoms with Crippen molar-refractivity contribution < 1.29 is 17.6 Å². The summed E-state index contributed by atoms with van der Waals surface area (Å²) in [5.74, 6) is -1.22. The average molecular weight is 357 g/mol. The van der Waals surface area contributed by atoms with E-state index >= 15 is 0 Å². The first-order chi connectivity index (χ1) is 11.9. The van der Waals surface area contributed by atoms with Gasteiger partial charge in [-0.05, 0) is 31.2 Å². The molecule has 1 amide bonds. The maximum Gasteiger partial charge on any atom is 0.322 e. The van der Waals surface area contributed by atoms with Gasteiger partial charge in [0.1, 0.15) is 5.75 Å². The molecule has 1 N–H and O–H groups in total. The molecule has 1 aromatic heterocycles. The van der Waals surface area contributed by atoms with E-state index < -0.39 is 21.5 Å². The molecule has 0 aliphatic carbocycles. The Morgan fingerprint density at radius 2 is 1.72 bits per heavy atom. The average Bonchev–Trinajstić information content (AvgIpc) is 3.04. The smallest absolute Gasteiger partial charge is 0.322 e. The second-order valence-corrected chi connectivity index (χ2v) is 7.39. The number of rotatable bonds is 5. The number of nitrogens with zero attached hydrogens (tertiary/aromatic N) is 2. The van der Waals surface area contributed by atoms with Crippen molar-refractivity contribution in [3.63, 3.8) is 0 Å². The summed E-state index contributed by atoms with van der Waals surface area (Å²) in [6.45, 7) is 1.85. The highest BCUT2D eigenvalue weighted by Gasteiger charge is 2.21. The van der Waals surface area contributed by atoms with E-state index in [2.05, 4.69) is 15.5 Å². The molecule has 3 aromatic rings. The number of benzene rings is 2. The van der Waals surface area contributed by atoms with Crippen LogP contribution in [0.2, 0.25) is 0 Å². The molecule has 2 aromatic carbocycles. The minimum atomic E-state index is -3.74. The molecule has 0 saturated carbocycles. The van der Waals surface area contributed by atoms with E-state index in [1.165, 1.54) is 12.1 Å². The van der Waals surface area contributed by atoms with Crippen molar-refractivity contribution in [2.45, 2.75) is 11.8 Å². The van der Waals surface area contributed by atoms with Crippen molar-refractivity contribution >= 4 is 21.8 Å². The Bertz CT molecular complexity index is 980. The zero-order valence-corrected chi connectivity index (χ0v) is 14.2. The van der Waals surface area contributed by atoms with Crippen molar-refractivity contribution in [1.82, 2.24) is 10.2 Å². The van der Waals surface area contributed by atoms with Gasteiger partial charge >= 0.3 is 6.01 Å². The Morgan fingerprint density at radius 3 is 2.40 bits per heavy atom. The topological polar surface area (TPSA) is 102 Å². The monoisotopic (exact) mass is 357 g/mol. The number of aromatic nitrogens is 2. The van der Waals surface area contributed by atoms with Gasteiger partial charge in [-0.25, -0.2) is 8.42 Å². The molecule has 128 valence electrons. The zero-order valence-electron chi connectivity index (χ0n) is 13.3. The normalized spacial score (nSPS) is 11.2. The van der Waals surface area contributed by atoms with E-state index in [1.807, 2.05) is 25.1 Å². The molecule has 7 nitrogen and oxygen atoms in total. The number of amides is 1. The van der Waals surface area contributed by atoms with Crippen LogP contribution in [-0.4, -0.2) is 30.3 Å². The molecule has 3 rings (SSSR count). The minimum absolute atomic E-state index is 0.0868. The van der Waals surface area contributed by atoms with Gasteiger partial charge in [0, 0.05) is 5.56 Å². The number of nitrogens with one attached hydrogen (secondary N) is 1. The van der Waals surface area contributed by atoms with E-state index in [-0.39, 0.29) is 16.8 Å². The van der Waals surface area contributed by atoms with E-state index in [9.17, 15) is 13.2 Å². The molecule has 25 heavy (non-hydrogen) atoms. The van der Waals surface area contributed by atoms with E-state index in [0.717, 1.165) is 5.56 Å².